The summed E-state index contributed by atoms with van der Waals surface area (Å²) in [4.78, 5) is 0. The molecule has 0 saturated carbocycles. The molecule has 2 nitrogen and oxygen atoms in total. The van der Waals surface area contributed by atoms with E-state index < -0.39 is 0 Å². The van der Waals surface area contributed by atoms with Crippen molar-refractivity contribution in [1.82, 2.24) is 0 Å². The van der Waals surface area contributed by atoms with Gasteiger partial charge >= 0.3 is 0 Å². The Morgan fingerprint density at radius 3 is 1.80 bits per heavy atom. The van der Waals surface area contributed by atoms with Gasteiger partial charge in [0, 0.05) is 12.8 Å². The maximum Gasteiger partial charge on any atom is 0.0625 e. The van der Waals surface area contributed by atoms with Gasteiger partial charge < -0.3 is 0 Å². The fourth-order valence-corrected chi connectivity index (χ4v) is 5.76. The smallest absolute Gasteiger partial charge is 0.0625 e. The molecule has 0 aliphatic heterocycles. The molecule has 41 heavy (non-hydrogen) atoms. The zero-order chi connectivity index (χ0) is 29.2. The maximum atomic E-state index is 9.19. The third-order valence-corrected chi connectivity index (χ3v) is 7.63. The van der Waals surface area contributed by atoms with E-state index in [1.807, 2.05) is 0 Å². The molecule has 0 amide bonds. The molecule has 0 aliphatic carbocycles. The summed E-state index contributed by atoms with van der Waals surface area (Å²) in [5.41, 5.74) is 12.9. The van der Waals surface area contributed by atoms with Crippen LogP contribution in [0.3, 0.4) is 0 Å². The molecule has 0 unspecified atom stereocenters. The Kier molecular flexibility index (Phi) is 10.5. The summed E-state index contributed by atoms with van der Waals surface area (Å²) in [5.74, 6) is 1.09. The normalized spacial score (nSPS) is 11.0. The summed E-state index contributed by atoms with van der Waals surface area (Å²) in [7, 11) is 0. The van der Waals surface area contributed by atoms with Crippen LogP contribution in [0.15, 0.2) is 84.9 Å². The van der Waals surface area contributed by atoms with Crippen molar-refractivity contribution in [3.8, 4) is 34.4 Å². The van der Waals surface area contributed by atoms with Crippen molar-refractivity contribution in [3.05, 3.63) is 118 Å². The Bertz CT molecular complexity index is 1530. The molecule has 0 saturated heterocycles. The number of nitriles is 2. The van der Waals surface area contributed by atoms with Gasteiger partial charge in [0.25, 0.3) is 0 Å². The first-order chi connectivity index (χ1) is 19.9. The number of hydrogen-bond donors (Lipinski definition) is 0. The Labute approximate surface area is 247 Å². The van der Waals surface area contributed by atoms with Gasteiger partial charge in [0.05, 0.1) is 12.1 Å². The number of nitrogens with zero attached hydrogens (tertiary/aromatic N) is 2. The molecule has 0 aliphatic rings. The largest absolute Gasteiger partial charge is 0.198 e. The van der Waals surface area contributed by atoms with Gasteiger partial charge in [0.15, 0.2) is 0 Å². The van der Waals surface area contributed by atoms with Crippen LogP contribution in [0.25, 0.3) is 22.3 Å². The molecule has 0 aromatic heterocycles. The van der Waals surface area contributed by atoms with Gasteiger partial charge in [-0.2, -0.15) is 10.5 Å². The van der Waals surface area contributed by atoms with Crippen LogP contribution < -0.4 is 0 Å². The highest BCUT2D eigenvalue weighted by molar-refractivity contribution is 5.76. The topological polar surface area (TPSA) is 47.6 Å². The summed E-state index contributed by atoms with van der Waals surface area (Å²) in [6, 6.07) is 35.9. The van der Waals surface area contributed by atoms with Gasteiger partial charge in [-0.05, 0) is 99.6 Å². The lowest BCUT2D eigenvalue weighted by molar-refractivity contribution is 0.642. The zero-order valence-electron chi connectivity index (χ0n) is 25.1. The van der Waals surface area contributed by atoms with Crippen LogP contribution in [-0.4, -0.2) is 0 Å². The van der Waals surface area contributed by atoms with Crippen LogP contribution >= 0.6 is 0 Å². The van der Waals surface area contributed by atoms with Crippen molar-refractivity contribution in [2.45, 2.75) is 72.6 Å². The quantitative estimate of drug-likeness (QED) is 0.180. The molecular formula is C39H42N2. The monoisotopic (exact) mass is 538 g/mol. The Hall–Kier alpha value is -4.14. The number of aryl methyl sites for hydroxylation is 2. The first-order valence-corrected chi connectivity index (χ1v) is 15.0. The SMILES string of the molecule is CC(C)Cc1cc(-c2ccc(-c3ccc(CCC#N)cc3CC(C)C)cc2Cc2ccccc2)ccc1CCC#N. The fraction of sp³-hybridized carbons (Fsp3) is 0.333. The van der Waals surface area contributed by atoms with Gasteiger partial charge in [-0.15, -0.1) is 0 Å². The Morgan fingerprint density at radius 2 is 1.12 bits per heavy atom. The minimum absolute atomic E-state index is 0.543. The first kappa shape index (κ1) is 29.8. The van der Waals surface area contributed by atoms with Crippen molar-refractivity contribution in [1.29, 1.82) is 10.5 Å². The maximum absolute atomic E-state index is 9.19. The number of hydrogen-bond acceptors (Lipinski definition) is 2. The van der Waals surface area contributed by atoms with E-state index in [1.165, 1.54) is 55.6 Å². The van der Waals surface area contributed by atoms with Gasteiger partial charge in [-0.25, -0.2) is 0 Å². The average molecular weight is 539 g/mol. The van der Waals surface area contributed by atoms with Crippen molar-refractivity contribution in [2.24, 2.45) is 11.8 Å². The van der Waals surface area contributed by atoms with E-state index in [-0.39, 0.29) is 0 Å². The van der Waals surface area contributed by atoms with Crippen LogP contribution in [0, 0.1) is 34.5 Å². The molecule has 0 heterocycles. The van der Waals surface area contributed by atoms with E-state index in [4.69, 9.17) is 5.26 Å². The Morgan fingerprint density at radius 1 is 0.537 bits per heavy atom. The standard InChI is InChI=1S/C39H42N2/c1-28(2)22-35-26-33(16-15-32(35)13-9-21-41)39-19-17-34(27-37(39)24-30-10-6-5-7-11-30)38-18-14-31(12-8-20-40)25-36(38)23-29(3)4/h5-7,10-11,14-19,25-29H,8-9,12-13,22-24H2,1-4H3. The van der Waals surface area contributed by atoms with Crippen LogP contribution in [0.5, 0.6) is 0 Å². The zero-order valence-corrected chi connectivity index (χ0v) is 25.1. The van der Waals surface area contributed by atoms with Gasteiger partial charge in [0.2, 0.25) is 0 Å². The second kappa shape index (κ2) is 14.5. The highest BCUT2D eigenvalue weighted by Crippen LogP contribution is 2.35. The minimum Gasteiger partial charge on any atom is -0.198 e. The van der Waals surface area contributed by atoms with Crippen LogP contribution in [-0.2, 0) is 32.1 Å². The summed E-state index contributed by atoms with van der Waals surface area (Å²) in [5, 5.41) is 18.3. The van der Waals surface area contributed by atoms with Crippen molar-refractivity contribution >= 4 is 0 Å². The average Bonchev–Trinajstić information content (AvgIpc) is 2.95. The molecule has 2 heteroatoms. The molecule has 208 valence electrons. The molecule has 0 bridgehead atoms. The van der Waals surface area contributed by atoms with Gasteiger partial charge in [-0.3, -0.25) is 0 Å². The third-order valence-electron chi connectivity index (χ3n) is 7.63. The molecule has 0 spiro atoms. The lowest BCUT2D eigenvalue weighted by Gasteiger charge is -2.18. The summed E-state index contributed by atoms with van der Waals surface area (Å²) < 4.78 is 0. The highest BCUT2D eigenvalue weighted by Gasteiger charge is 2.15. The summed E-state index contributed by atoms with van der Waals surface area (Å²) in [6.07, 6.45) is 5.57. The van der Waals surface area contributed by atoms with E-state index in [0.29, 0.717) is 24.7 Å². The number of benzene rings is 4. The second-order valence-electron chi connectivity index (χ2n) is 12.0. The predicted octanol–water partition coefficient (Wildman–Crippen LogP) is 9.92. The van der Waals surface area contributed by atoms with Crippen molar-refractivity contribution in [3.63, 3.8) is 0 Å². The Balaban J connectivity index is 1.82. The third kappa shape index (κ3) is 8.19. The predicted molar refractivity (Wildman–Crippen MR) is 172 cm³/mol. The van der Waals surface area contributed by atoms with Crippen molar-refractivity contribution in [2.75, 3.05) is 0 Å². The molecule has 0 atom stereocenters. The van der Waals surface area contributed by atoms with E-state index in [2.05, 4.69) is 125 Å². The lowest BCUT2D eigenvalue weighted by Crippen LogP contribution is -2.02. The van der Waals surface area contributed by atoms with E-state index in [0.717, 1.165) is 32.1 Å². The van der Waals surface area contributed by atoms with Crippen LogP contribution in [0.2, 0.25) is 0 Å². The van der Waals surface area contributed by atoms with E-state index in [9.17, 15) is 5.26 Å². The van der Waals surface area contributed by atoms with Crippen LogP contribution in [0.4, 0.5) is 0 Å². The minimum atomic E-state index is 0.543. The highest BCUT2D eigenvalue weighted by atomic mass is 14.2. The first-order valence-electron chi connectivity index (χ1n) is 15.0. The summed E-state index contributed by atoms with van der Waals surface area (Å²) >= 11 is 0. The molecule has 4 aromatic carbocycles. The molecule has 4 rings (SSSR count). The van der Waals surface area contributed by atoms with Gasteiger partial charge in [-0.1, -0.05) is 113 Å². The van der Waals surface area contributed by atoms with Crippen LogP contribution in [0.1, 0.15) is 73.9 Å². The second-order valence-corrected chi connectivity index (χ2v) is 12.0. The fourth-order valence-electron chi connectivity index (χ4n) is 5.76. The number of rotatable bonds is 12. The molecule has 0 radical (unpaired) electrons. The van der Waals surface area contributed by atoms with Crippen molar-refractivity contribution < 1.29 is 0 Å². The summed E-state index contributed by atoms with van der Waals surface area (Å²) in [6.45, 7) is 9.06. The molecule has 4 aromatic rings. The molecule has 0 fully saturated rings. The molecule has 0 N–H and O–H groups in total. The lowest BCUT2D eigenvalue weighted by atomic mass is 9.86. The van der Waals surface area contributed by atoms with E-state index >= 15 is 0 Å². The van der Waals surface area contributed by atoms with Gasteiger partial charge in [0.1, 0.15) is 0 Å². The molecular weight excluding hydrogens is 496 g/mol. The van der Waals surface area contributed by atoms with E-state index in [1.54, 1.807) is 0 Å².